The molecule has 1 aromatic rings. The Morgan fingerprint density at radius 1 is 1.13 bits per heavy atom. The maximum Gasteiger partial charge on any atom is 0.408 e. The summed E-state index contributed by atoms with van der Waals surface area (Å²) in [5.41, 5.74) is -0.206. The smallest absolute Gasteiger partial charge is 0.408 e. The summed E-state index contributed by atoms with van der Waals surface area (Å²) in [4.78, 5) is 40.1. The summed E-state index contributed by atoms with van der Waals surface area (Å²) in [6.45, 7) is 12.8. The standard InChI is InChI=1S/C23H37N3O5/c1-8-9-13-26(21(29)16(4)25-22(30)31-23(5,6)7)19(20(28)24-15(2)3)17-11-10-12-18(27)14-17/h10-12,14-16,19,27H,8-9,13H2,1-7H3,(H,24,28)(H,25,30). The molecular weight excluding hydrogens is 398 g/mol. The highest BCUT2D eigenvalue weighted by Crippen LogP contribution is 2.26. The summed E-state index contributed by atoms with van der Waals surface area (Å²) < 4.78 is 5.25. The van der Waals surface area contributed by atoms with Gasteiger partial charge in [0, 0.05) is 12.6 Å². The number of amides is 3. The molecule has 2 atom stereocenters. The zero-order valence-electron chi connectivity index (χ0n) is 19.7. The first kappa shape index (κ1) is 26.3. The molecule has 0 heterocycles. The van der Waals surface area contributed by atoms with Crippen molar-refractivity contribution in [2.24, 2.45) is 0 Å². The van der Waals surface area contributed by atoms with E-state index in [1.807, 2.05) is 20.8 Å². The van der Waals surface area contributed by atoms with Crippen LogP contribution in [0.4, 0.5) is 4.79 Å². The molecule has 0 aliphatic carbocycles. The minimum atomic E-state index is -0.948. The molecule has 8 heteroatoms. The molecular formula is C23H37N3O5. The summed E-state index contributed by atoms with van der Waals surface area (Å²) >= 11 is 0. The van der Waals surface area contributed by atoms with E-state index in [1.54, 1.807) is 39.8 Å². The van der Waals surface area contributed by atoms with Crippen LogP contribution in [0.25, 0.3) is 0 Å². The minimum Gasteiger partial charge on any atom is -0.508 e. The van der Waals surface area contributed by atoms with E-state index in [-0.39, 0.29) is 17.7 Å². The first-order valence-corrected chi connectivity index (χ1v) is 10.7. The lowest BCUT2D eigenvalue weighted by atomic mass is 10.0. The average Bonchev–Trinajstić information content (AvgIpc) is 2.62. The van der Waals surface area contributed by atoms with Crippen molar-refractivity contribution in [3.8, 4) is 5.75 Å². The second-order valence-corrected chi connectivity index (χ2v) is 8.91. The van der Waals surface area contributed by atoms with E-state index in [2.05, 4.69) is 10.6 Å². The molecule has 31 heavy (non-hydrogen) atoms. The number of carbonyl (C=O) groups is 3. The van der Waals surface area contributed by atoms with E-state index in [0.29, 0.717) is 18.5 Å². The molecule has 0 radical (unpaired) electrons. The van der Waals surface area contributed by atoms with Crippen molar-refractivity contribution in [1.29, 1.82) is 0 Å². The van der Waals surface area contributed by atoms with Gasteiger partial charge in [-0.05, 0) is 65.7 Å². The normalized spacial score (nSPS) is 13.3. The van der Waals surface area contributed by atoms with E-state index >= 15 is 0 Å². The van der Waals surface area contributed by atoms with Gasteiger partial charge in [0.05, 0.1) is 0 Å². The van der Waals surface area contributed by atoms with Crippen molar-refractivity contribution in [2.45, 2.75) is 85.0 Å². The zero-order chi connectivity index (χ0) is 23.8. The van der Waals surface area contributed by atoms with E-state index in [0.717, 1.165) is 6.42 Å². The first-order valence-electron chi connectivity index (χ1n) is 10.7. The highest BCUT2D eigenvalue weighted by Gasteiger charge is 2.34. The monoisotopic (exact) mass is 435 g/mol. The van der Waals surface area contributed by atoms with Gasteiger partial charge >= 0.3 is 6.09 Å². The highest BCUT2D eigenvalue weighted by molar-refractivity contribution is 5.92. The number of hydrogen-bond donors (Lipinski definition) is 3. The number of carbonyl (C=O) groups excluding carboxylic acids is 3. The molecule has 0 aliphatic heterocycles. The molecule has 3 N–H and O–H groups in total. The van der Waals surface area contributed by atoms with Crippen LogP contribution in [0.5, 0.6) is 5.75 Å². The van der Waals surface area contributed by atoms with Crippen LogP contribution >= 0.6 is 0 Å². The number of hydrogen-bond acceptors (Lipinski definition) is 5. The van der Waals surface area contributed by atoms with E-state index in [1.165, 1.54) is 17.0 Å². The third kappa shape index (κ3) is 8.86. The second kappa shape index (κ2) is 11.6. The Hall–Kier alpha value is -2.77. The van der Waals surface area contributed by atoms with Crippen LogP contribution in [0.1, 0.15) is 72.9 Å². The lowest BCUT2D eigenvalue weighted by molar-refractivity contribution is -0.142. The Labute approximate surface area is 185 Å². The fourth-order valence-electron chi connectivity index (χ4n) is 3.02. The SMILES string of the molecule is CCCCN(C(=O)C(C)NC(=O)OC(C)(C)C)C(C(=O)NC(C)C)c1cccc(O)c1. The van der Waals surface area contributed by atoms with Gasteiger partial charge in [0.25, 0.3) is 0 Å². The van der Waals surface area contributed by atoms with E-state index in [4.69, 9.17) is 4.74 Å². The Bertz CT molecular complexity index is 758. The maximum absolute atomic E-state index is 13.4. The molecule has 0 saturated carbocycles. The van der Waals surface area contributed by atoms with Gasteiger partial charge in [0.1, 0.15) is 23.4 Å². The van der Waals surface area contributed by atoms with Gasteiger partial charge in [0.2, 0.25) is 11.8 Å². The minimum absolute atomic E-state index is 0.00247. The number of unbranched alkanes of at least 4 members (excludes halogenated alkanes) is 1. The van der Waals surface area contributed by atoms with Gasteiger partial charge in [-0.1, -0.05) is 25.5 Å². The second-order valence-electron chi connectivity index (χ2n) is 8.91. The molecule has 3 amide bonds. The average molecular weight is 436 g/mol. The largest absolute Gasteiger partial charge is 0.508 e. The quantitative estimate of drug-likeness (QED) is 0.550. The Morgan fingerprint density at radius 2 is 1.77 bits per heavy atom. The number of nitrogens with zero attached hydrogens (tertiary/aromatic N) is 1. The van der Waals surface area contributed by atoms with E-state index < -0.39 is 29.7 Å². The van der Waals surface area contributed by atoms with Crippen LogP contribution in [0.2, 0.25) is 0 Å². The molecule has 0 aromatic heterocycles. The fourth-order valence-corrected chi connectivity index (χ4v) is 3.02. The number of phenols is 1. The number of rotatable bonds is 9. The predicted molar refractivity (Wildman–Crippen MR) is 120 cm³/mol. The number of phenolic OH excluding ortho intramolecular Hbond substituents is 1. The molecule has 8 nitrogen and oxygen atoms in total. The van der Waals surface area contributed by atoms with Crippen LogP contribution in [-0.4, -0.2) is 52.1 Å². The van der Waals surface area contributed by atoms with Gasteiger partial charge in [-0.15, -0.1) is 0 Å². The van der Waals surface area contributed by atoms with Crippen molar-refractivity contribution in [2.75, 3.05) is 6.54 Å². The topological polar surface area (TPSA) is 108 Å². The van der Waals surface area contributed by atoms with E-state index in [9.17, 15) is 19.5 Å². The maximum atomic E-state index is 13.4. The zero-order valence-corrected chi connectivity index (χ0v) is 19.7. The van der Waals surface area contributed by atoms with Crippen molar-refractivity contribution >= 4 is 17.9 Å². The van der Waals surface area contributed by atoms with Crippen LogP contribution in [0.15, 0.2) is 24.3 Å². The Balaban J connectivity index is 3.25. The summed E-state index contributed by atoms with van der Waals surface area (Å²) in [6.07, 6.45) is 0.787. The Morgan fingerprint density at radius 3 is 2.29 bits per heavy atom. The third-order valence-electron chi connectivity index (χ3n) is 4.32. The van der Waals surface area contributed by atoms with Crippen LogP contribution in [0.3, 0.4) is 0 Å². The molecule has 1 rings (SSSR count). The lowest BCUT2D eigenvalue weighted by Gasteiger charge is -2.34. The number of alkyl carbamates (subject to hydrolysis) is 1. The van der Waals surface area contributed by atoms with Gasteiger partial charge in [0.15, 0.2) is 0 Å². The molecule has 174 valence electrons. The van der Waals surface area contributed by atoms with Crippen molar-refractivity contribution in [3.63, 3.8) is 0 Å². The molecule has 1 aromatic carbocycles. The van der Waals surface area contributed by atoms with Gasteiger partial charge < -0.3 is 25.4 Å². The lowest BCUT2D eigenvalue weighted by Crippen LogP contribution is -2.52. The summed E-state index contributed by atoms with van der Waals surface area (Å²) in [7, 11) is 0. The molecule has 0 bridgehead atoms. The van der Waals surface area contributed by atoms with Crippen molar-refractivity contribution in [1.82, 2.24) is 15.5 Å². The third-order valence-corrected chi connectivity index (χ3v) is 4.32. The summed E-state index contributed by atoms with van der Waals surface area (Å²) in [5, 5.41) is 15.4. The van der Waals surface area contributed by atoms with Gasteiger partial charge in [-0.25, -0.2) is 4.79 Å². The van der Waals surface area contributed by atoms with Gasteiger partial charge in [-0.3, -0.25) is 9.59 Å². The fraction of sp³-hybridized carbons (Fsp3) is 0.609. The Kier molecular flexibility index (Phi) is 9.81. The highest BCUT2D eigenvalue weighted by atomic mass is 16.6. The number of ether oxygens (including phenoxy) is 1. The van der Waals surface area contributed by atoms with Crippen molar-refractivity contribution in [3.05, 3.63) is 29.8 Å². The number of aromatic hydroxyl groups is 1. The van der Waals surface area contributed by atoms with Crippen LogP contribution in [-0.2, 0) is 14.3 Å². The van der Waals surface area contributed by atoms with Crippen LogP contribution in [0, 0.1) is 0 Å². The summed E-state index contributed by atoms with van der Waals surface area (Å²) in [6, 6.07) is 4.32. The van der Waals surface area contributed by atoms with Gasteiger partial charge in [-0.2, -0.15) is 0 Å². The van der Waals surface area contributed by atoms with Crippen LogP contribution < -0.4 is 10.6 Å². The van der Waals surface area contributed by atoms with Crippen molar-refractivity contribution < 1.29 is 24.2 Å². The summed E-state index contributed by atoms with van der Waals surface area (Å²) in [5.74, 6) is -0.760. The molecule has 0 aliphatic rings. The predicted octanol–water partition coefficient (Wildman–Crippen LogP) is 3.50. The number of benzene rings is 1. The molecule has 2 unspecified atom stereocenters. The molecule has 0 spiro atoms. The number of nitrogens with one attached hydrogen (secondary N) is 2. The molecule has 0 fully saturated rings. The molecule has 0 saturated heterocycles. The first-order chi connectivity index (χ1) is 14.4.